The summed E-state index contributed by atoms with van der Waals surface area (Å²) in [7, 11) is -3.98. The molecule has 0 aliphatic rings. The van der Waals surface area contributed by atoms with Gasteiger partial charge in [-0.2, -0.15) is 0 Å². The summed E-state index contributed by atoms with van der Waals surface area (Å²) in [5.74, 6) is 4.13. The minimum Gasteiger partial charge on any atom is -0.384 e. The van der Waals surface area contributed by atoms with Crippen molar-refractivity contribution in [3.8, 4) is 5.69 Å². The van der Waals surface area contributed by atoms with Gasteiger partial charge in [0.15, 0.2) is 5.65 Å². The molecule has 1 amide bonds. The third-order valence-corrected chi connectivity index (χ3v) is 7.77. The van der Waals surface area contributed by atoms with Crippen LogP contribution in [0.3, 0.4) is 0 Å². The number of nitrogens with one attached hydrogen (secondary N) is 1. The first-order valence-electron chi connectivity index (χ1n) is 11.8. The Hall–Kier alpha value is -5.20. The number of amides is 1. The minimum atomic E-state index is -3.98. The second-order valence-electron chi connectivity index (χ2n) is 8.44. The Balaban J connectivity index is 0.000000274. The number of sulfone groups is 1. The zero-order valence-electron chi connectivity index (χ0n) is 20.8. The number of nitrogens with two attached hydrogens (primary N) is 2. The zero-order valence-corrected chi connectivity index (χ0v) is 21.6. The van der Waals surface area contributed by atoms with Gasteiger partial charge in [-0.25, -0.2) is 28.6 Å². The maximum Gasteiger partial charge on any atom is 0.265 e. The first-order valence-corrected chi connectivity index (χ1v) is 13.3. The van der Waals surface area contributed by atoms with E-state index in [1.54, 1.807) is 48.5 Å². The van der Waals surface area contributed by atoms with Crippen molar-refractivity contribution in [3.63, 3.8) is 0 Å². The van der Waals surface area contributed by atoms with Crippen molar-refractivity contribution in [1.82, 2.24) is 24.9 Å². The van der Waals surface area contributed by atoms with Crippen LogP contribution in [0.4, 0.5) is 10.2 Å². The van der Waals surface area contributed by atoms with Gasteiger partial charge >= 0.3 is 0 Å². The van der Waals surface area contributed by atoms with Crippen LogP contribution >= 0.6 is 0 Å². The van der Waals surface area contributed by atoms with E-state index in [4.69, 9.17) is 11.6 Å². The number of aromatic nitrogens is 4. The van der Waals surface area contributed by atoms with Crippen LogP contribution in [0.1, 0.15) is 10.4 Å². The molecule has 0 radical (unpaired) electrons. The molecule has 0 saturated carbocycles. The third-order valence-electron chi connectivity index (χ3n) is 5.93. The summed E-state index contributed by atoms with van der Waals surface area (Å²) in [4.78, 5) is 23.7. The highest BCUT2D eigenvalue weighted by Crippen LogP contribution is 2.37. The number of fused-ring (bicyclic) bond motifs is 2. The lowest BCUT2D eigenvalue weighted by molar-refractivity contribution is 0.0953. The van der Waals surface area contributed by atoms with Gasteiger partial charge in [-0.15, -0.1) is 0 Å². The number of para-hydroxylation sites is 2. The maximum absolute atomic E-state index is 13.5. The van der Waals surface area contributed by atoms with Gasteiger partial charge in [-0.3, -0.25) is 19.8 Å². The highest BCUT2D eigenvalue weighted by molar-refractivity contribution is 7.92. The minimum absolute atomic E-state index is 0.0317. The number of halogens is 1. The summed E-state index contributed by atoms with van der Waals surface area (Å²) >= 11 is 0. The van der Waals surface area contributed by atoms with Crippen molar-refractivity contribution < 1.29 is 17.6 Å². The van der Waals surface area contributed by atoms with Crippen LogP contribution in [-0.4, -0.2) is 33.8 Å². The summed E-state index contributed by atoms with van der Waals surface area (Å²) in [6.45, 7) is 0. The van der Waals surface area contributed by atoms with E-state index in [0.717, 1.165) is 0 Å². The highest BCUT2D eigenvalue weighted by atomic mass is 32.2. The van der Waals surface area contributed by atoms with E-state index in [1.165, 1.54) is 53.4 Å². The number of benzene rings is 3. The average molecular weight is 556 g/mol. The second kappa shape index (κ2) is 10.9. The zero-order chi connectivity index (χ0) is 28.3. The topological polar surface area (TPSA) is 159 Å². The molecule has 3 aromatic heterocycles. The lowest BCUT2D eigenvalue weighted by Crippen LogP contribution is -2.29. The number of hydrogen-bond acceptors (Lipinski definition) is 8. The molecule has 5 N–H and O–H groups in total. The predicted molar refractivity (Wildman–Crippen MR) is 149 cm³/mol. The fourth-order valence-electron chi connectivity index (χ4n) is 4.06. The Labute approximate surface area is 228 Å². The fourth-order valence-corrected chi connectivity index (χ4v) is 5.57. The Morgan fingerprint density at radius 2 is 1.43 bits per heavy atom. The molecule has 200 valence electrons. The van der Waals surface area contributed by atoms with Crippen LogP contribution in [0.2, 0.25) is 0 Å². The number of anilines is 1. The van der Waals surface area contributed by atoms with Crippen molar-refractivity contribution in [1.29, 1.82) is 0 Å². The van der Waals surface area contributed by atoms with Crippen LogP contribution in [0.5, 0.6) is 0 Å². The molecule has 10 nitrogen and oxygen atoms in total. The molecule has 12 heteroatoms. The van der Waals surface area contributed by atoms with Crippen LogP contribution in [-0.2, 0) is 9.84 Å². The average Bonchev–Trinajstić information content (AvgIpc) is 3.28. The van der Waals surface area contributed by atoms with E-state index in [9.17, 15) is 17.6 Å². The van der Waals surface area contributed by atoms with E-state index in [0.29, 0.717) is 22.3 Å². The summed E-state index contributed by atoms with van der Waals surface area (Å²) in [6.07, 6.45) is 3.06. The van der Waals surface area contributed by atoms with E-state index in [2.05, 4.69) is 15.0 Å². The number of nitrogens with zero attached hydrogens (tertiary/aromatic N) is 4. The molecule has 0 fully saturated rings. The molecule has 0 unspecified atom stereocenters. The van der Waals surface area contributed by atoms with Crippen molar-refractivity contribution >= 4 is 43.8 Å². The Bertz CT molecular complexity index is 1930. The quantitative estimate of drug-likeness (QED) is 0.168. The SMILES string of the molecule is NNC(=O)c1ccncc1.Nc1c(S(=O)(=O)c2ccccc2)c2nc3ccccc3nc2n1-c1ccc(F)cc1. The number of hydrazine groups is 1. The first kappa shape index (κ1) is 26.4. The van der Waals surface area contributed by atoms with Crippen LogP contribution in [0.25, 0.3) is 27.9 Å². The molecule has 0 aliphatic carbocycles. The van der Waals surface area contributed by atoms with Gasteiger partial charge in [0.2, 0.25) is 9.84 Å². The molecular weight excluding hydrogens is 533 g/mol. The number of hydrogen-bond donors (Lipinski definition) is 3. The molecule has 0 spiro atoms. The Morgan fingerprint density at radius 3 is 2.05 bits per heavy atom. The number of carbonyl (C=O) groups is 1. The molecule has 3 heterocycles. The standard InChI is InChI=1S/C22H15FN4O2S.C6H7N3O/c23-14-10-12-15(13-11-14)27-21(24)20(30(28,29)16-6-2-1-3-7-16)19-22(27)26-18-9-5-4-8-17(18)25-19;7-9-6(10)5-1-3-8-4-2-5/h1-13H,24H2;1-4H,7H2,(H,9,10). The molecular formula is C28H22FN7O3S. The van der Waals surface area contributed by atoms with Crippen molar-refractivity contribution in [3.05, 3.63) is 115 Å². The van der Waals surface area contributed by atoms with Crippen molar-refractivity contribution in [2.75, 3.05) is 5.73 Å². The van der Waals surface area contributed by atoms with Crippen molar-refractivity contribution in [2.24, 2.45) is 5.84 Å². The van der Waals surface area contributed by atoms with Gasteiger partial charge in [-0.05, 0) is 60.7 Å². The van der Waals surface area contributed by atoms with Crippen molar-refractivity contribution in [2.45, 2.75) is 9.79 Å². The third kappa shape index (κ3) is 4.96. The van der Waals surface area contributed by atoms with Gasteiger partial charge < -0.3 is 5.73 Å². The molecule has 40 heavy (non-hydrogen) atoms. The number of carbonyl (C=O) groups excluding carboxylic acids is 1. The summed E-state index contributed by atoms with van der Waals surface area (Å²) < 4.78 is 41.9. The summed E-state index contributed by atoms with van der Waals surface area (Å²) in [5, 5.41) is 0. The lowest BCUT2D eigenvalue weighted by atomic mass is 10.3. The summed E-state index contributed by atoms with van der Waals surface area (Å²) in [5.41, 5.74) is 11.0. The molecule has 6 rings (SSSR count). The lowest BCUT2D eigenvalue weighted by Gasteiger charge is -2.08. The predicted octanol–water partition coefficient (Wildman–Crippen LogP) is 3.81. The molecule has 6 aromatic rings. The summed E-state index contributed by atoms with van der Waals surface area (Å²) in [6, 6.07) is 23.9. The van der Waals surface area contributed by atoms with Gasteiger partial charge in [-0.1, -0.05) is 30.3 Å². The molecule has 0 aliphatic heterocycles. The Kier molecular flexibility index (Phi) is 7.19. The van der Waals surface area contributed by atoms with E-state index in [-0.39, 0.29) is 32.7 Å². The van der Waals surface area contributed by atoms with E-state index in [1.807, 2.05) is 11.5 Å². The van der Waals surface area contributed by atoms with Gasteiger partial charge in [0.1, 0.15) is 22.0 Å². The van der Waals surface area contributed by atoms with Gasteiger partial charge in [0, 0.05) is 23.6 Å². The largest absolute Gasteiger partial charge is 0.384 e. The van der Waals surface area contributed by atoms with Gasteiger partial charge in [0.05, 0.1) is 15.9 Å². The normalized spacial score (nSPS) is 11.2. The smallest absolute Gasteiger partial charge is 0.265 e. The molecule has 3 aromatic carbocycles. The van der Waals surface area contributed by atoms with E-state index < -0.39 is 15.7 Å². The second-order valence-corrected chi connectivity index (χ2v) is 10.3. The van der Waals surface area contributed by atoms with Crippen LogP contribution in [0, 0.1) is 5.82 Å². The molecule has 0 saturated heterocycles. The first-order chi connectivity index (χ1) is 19.3. The molecule has 0 atom stereocenters. The fraction of sp³-hybridized carbons (Fsp3) is 0. The highest BCUT2D eigenvalue weighted by Gasteiger charge is 2.30. The Morgan fingerprint density at radius 1 is 0.825 bits per heavy atom. The van der Waals surface area contributed by atoms with E-state index >= 15 is 0 Å². The van der Waals surface area contributed by atoms with Crippen LogP contribution in [0.15, 0.2) is 113 Å². The van der Waals surface area contributed by atoms with Crippen LogP contribution < -0.4 is 17.0 Å². The monoisotopic (exact) mass is 555 g/mol. The molecule has 0 bridgehead atoms. The number of rotatable bonds is 4. The number of nitrogen functional groups attached to an aromatic ring is 2. The van der Waals surface area contributed by atoms with Gasteiger partial charge in [0.25, 0.3) is 5.91 Å². The maximum atomic E-state index is 13.5. The number of pyridine rings is 1.